The van der Waals surface area contributed by atoms with Crippen molar-refractivity contribution >= 4 is 46.7 Å². The molecule has 4 heterocycles. The molecule has 3 aliphatic heterocycles. The zero-order valence-corrected chi connectivity index (χ0v) is 28.9. The number of aliphatic hydroxyl groups excluding tert-OH is 4. The molecular weight excluding hydrogens is 676 g/mol. The van der Waals surface area contributed by atoms with Crippen molar-refractivity contribution in [2.75, 3.05) is 36.1 Å². The van der Waals surface area contributed by atoms with E-state index in [1.54, 1.807) is 59.3 Å². The Labute approximate surface area is 299 Å². The van der Waals surface area contributed by atoms with Gasteiger partial charge >= 0.3 is 0 Å². The fourth-order valence-corrected chi connectivity index (χ4v) is 6.55. The Bertz CT molecular complexity index is 1830. The average Bonchev–Trinajstić information content (AvgIpc) is 3.45. The molecule has 3 amide bonds. The first-order chi connectivity index (χ1) is 24.9. The Morgan fingerprint density at radius 1 is 1.04 bits per heavy atom. The van der Waals surface area contributed by atoms with E-state index in [0.29, 0.717) is 35.0 Å². The van der Waals surface area contributed by atoms with Gasteiger partial charge in [0.15, 0.2) is 11.5 Å². The maximum Gasteiger partial charge on any atom is 0.272 e. The Kier molecular flexibility index (Phi) is 10.8. The van der Waals surface area contributed by atoms with Gasteiger partial charge in [0.25, 0.3) is 11.8 Å². The number of aromatic nitrogens is 1. The molecular formula is C36H44N6O10. The van der Waals surface area contributed by atoms with E-state index in [9.17, 15) is 34.8 Å². The lowest BCUT2D eigenvalue weighted by Gasteiger charge is -2.41. The molecule has 0 aliphatic carbocycles. The summed E-state index contributed by atoms with van der Waals surface area (Å²) in [7, 11) is 1.69. The number of ether oxygens (including phenoxy) is 3. The van der Waals surface area contributed by atoms with Gasteiger partial charge in [0, 0.05) is 49.9 Å². The molecule has 16 nitrogen and oxygen atoms in total. The smallest absolute Gasteiger partial charge is 0.272 e. The number of fused-ring (bicyclic) bond motifs is 2. The van der Waals surface area contributed by atoms with Gasteiger partial charge < -0.3 is 60.5 Å². The van der Waals surface area contributed by atoms with Crippen molar-refractivity contribution in [2.24, 2.45) is 12.0 Å². The predicted octanol–water partition coefficient (Wildman–Crippen LogP) is 1.94. The van der Waals surface area contributed by atoms with Crippen LogP contribution in [0, 0.1) is 0 Å². The number of nitrogen functional groups attached to an aromatic ring is 1. The highest BCUT2D eigenvalue weighted by Gasteiger charge is 2.45. The number of carbonyl (C=O) groups is 3. The second-order valence-electron chi connectivity index (χ2n) is 13.5. The van der Waals surface area contributed by atoms with Crippen LogP contribution in [-0.4, -0.2) is 110 Å². The first-order valence-corrected chi connectivity index (χ1v) is 17.1. The Morgan fingerprint density at radius 3 is 2.56 bits per heavy atom. The molecule has 0 spiro atoms. The molecule has 2 saturated heterocycles. The number of anilines is 3. The summed E-state index contributed by atoms with van der Waals surface area (Å²) in [5.41, 5.74) is 7.62. The summed E-state index contributed by atoms with van der Waals surface area (Å²) in [6.07, 6.45) is -1.48. The van der Waals surface area contributed by atoms with Crippen LogP contribution in [0.4, 0.5) is 22.7 Å². The molecule has 2 aromatic carbocycles. The van der Waals surface area contributed by atoms with E-state index in [1.807, 2.05) is 6.92 Å². The lowest BCUT2D eigenvalue weighted by Crippen LogP contribution is -2.60. The second kappa shape index (κ2) is 15.3. The second-order valence-corrected chi connectivity index (χ2v) is 13.5. The van der Waals surface area contributed by atoms with Gasteiger partial charge in [-0.15, -0.1) is 0 Å². The molecule has 2 fully saturated rings. The van der Waals surface area contributed by atoms with Gasteiger partial charge in [-0.1, -0.05) is 0 Å². The van der Waals surface area contributed by atoms with Crippen LogP contribution in [0.5, 0.6) is 11.5 Å². The molecule has 0 radical (unpaired) electrons. The number of hydrogen-bond acceptors (Lipinski definition) is 12. The Hall–Kier alpha value is -5.00. The summed E-state index contributed by atoms with van der Waals surface area (Å²) in [6, 6.07) is 11.3. The number of carbonyl (C=O) groups excluding carboxylic acids is 3. The number of amides is 3. The van der Waals surface area contributed by atoms with Crippen molar-refractivity contribution in [3.8, 4) is 11.5 Å². The standard InChI is InChI=1S/C36H44N6O10/c1-36-11-3-4-12-42(36)34(49)23-15-27(51-35-32(47)31(46)30(45)28(18-43)52-35)26(16-24(23)38-19-36)50-13-5-6-29(44)39-22-14-25(41(2)17-22)33(48)40-21-9-7-20(37)8-10-21/h7-10,14-17,19,28,30-32,35,43,45-47H,3-6,11-13,18,37H2,1-2H3,(H,39,44)(H,40,48)/t28-,30+,31+,32-,35-,36+/m1/s1. The molecule has 16 heteroatoms. The highest BCUT2D eigenvalue weighted by molar-refractivity contribution is 6.05. The zero-order chi connectivity index (χ0) is 37.2. The quantitative estimate of drug-likeness (QED) is 0.112. The van der Waals surface area contributed by atoms with Crippen LogP contribution < -0.4 is 25.8 Å². The zero-order valence-electron chi connectivity index (χ0n) is 28.9. The van der Waals surface area contributed by atoms with Gasteiger partial charge in [-0.3, -0.25) is 19.4 Å². The SMILES string of the molecule is Cn1cc(NC(=O)CCCOc2cc3c(cc2O[C@@H]2O[C@H](CO)[C@H](O)[C@H](O)[C@H]2O)C(=O)N2CCCC[C@@]2(C)C=N3)cc1C(=O)Nc1ccc(N)cc1. The average molecular weight is 721 g/mol. The molecule has 6 atom stereocenters. The van der Waals surface area contributed by atoms with Crippen LogP contribution >= 0.6 is 0 Å². The normalized spacial score (nSPS) is 25.5. The monoisotopic (exact) mass is 720 g/mol. The van der Waals surface area contributed by atoms with Gasteiger partial charge in [-0.25, -0.2) is 0 Å². The van der Waals surface area contributed by atoms with Crippen LogP contribution in [0.1, 0.15) is 59.9 Å². The molecule has 3 aromatic rings. The number of nitrogens with zero attached hydrogens (tertiary/aromatic N) is 3. The molecule has 278 valence electrons. The summed E-state index contributed by atoms with van der Waals surface area (Å²) in [5.74, 6) is -0.820. The highest BCUT2D eigenvalue weighted by Crippen LogP contribution is 2.41. The van der Waals surface area contributed by atoms with E-state index in [4.69, 9.17) is 19.9 Å². The van der Waals surface area contributed by atoms with Crippen LogP contribution in [-0.2, 0) is 16.6 Å². The van der Waals surface area contributed by atoms with Crippen molar-refractivity contribution in [2.45, 2.75) is 75.3 Å². The first kappa shape index (κ1) is 36.8. The van der Waals surface area contributed by atoms with Crippen LogP contribution in [0.25, 0.3) is 0 Å². The number of nitrogens with one attached hydrogen (secondary N) is 2. The fourth-order valence-electron chi connectivity index (χ4n) is 6.55. The third-order valence-corrected chi connectivity index (χ3v) is 9.54. The number of rotatable bonds is 11. The molecule has 0 unspecified atom stereocenters. The summed E-state index contributed by atoms with van der Waals surface area (Å²) in [4.78, 5) is 45.9. The van der Waals surface area contributed by atoms with Gasteiger partial charge in [-0.2, -0.15) is 0 Å². The minimum Gasteiger partial charge on any atom is -0.490 e. The number of aliphatic imine (C=N–C) groups is 1. The largest absolute Gasteiger partial charge is 0.490 e. The summed E-state index contributed by atoms with van der Waals surface area (Å²) < 4.78 is 19.2. The predicted molar refractivity (Wildman–Crippen MR) is 190 cm³/mol. The molecule has 3 aliphatic rings. The van der Waals surface area contributed by atoms with Crippen LogP contribution in [0.3, 0.4) is 0 Å². The lowest BCUT2D eigenvalue weighted by atomic mass is 9.89. The van der Waals surface area contributed by atoms with Crippen LogP contribution in [0.15, 0.2) is 53.7 Å². The maximum atomic E-state index is 13.8. The Balaban J connectivity index is 1.14. The van der Waals surface area contributed by atoms with Crippen molar-refractivity contribution in [3.63, 3.8) is 0 Å². The highest BCUT2D eigenvalue weighted by atomic mass is 16.7. The van der Waals surface area contributed by atoms with Crippen LogP contribution in [0.2, 0.25) is 0 Å². The molecule has 8 N–H and O–H groups in total. The number of aliphatic hydroxyl groups is 4. The number of piperidine rings is 1. The summed E-state index contributed by atoms with van der Waals surface area (Å²) in [5, 5.41) is 46.5. The van der Waals surface area contributed by atoms with Gasteiger partial charge in [0.2, 0.25) is 12.2 Å². The van der Waals surface area contributed by atoms with Crippen molar-refractivity contribution in [1.29, 1.82) is 0 Å². The van der Waals surface area contributed by atoms with Crippen molar-refractivity contribution < 1.29 is 49.0 Å². The van der Waals surface area contributed by atoms with E-state index < -0.39 is 42.9 Å². The molecule has 52 heavy (non-hydrogen) atoms. The number of aryl methyl sites for hydroxylation is 1. The van der Waals surface area contributed by atoms with E-state index >= 15 is 0 Å². The third kappa shape index (κ3) is 7.75. The lowest BCUT2D eigenvalue weighted by molar-refractivity contribution is -0.277. The minimum absolute atomic E-state index is 0.00856. The molecule has 1 aromatic heterocycles. The first-order valence-electron chi connectivity index (χ1n) is 17.1. The van der Waals surface area contributed by atoms with E-state index in [0.717, 1.165) is 19.3 Å². The Morgan fingerprint density at radius 2 is 1.81 bits per heavy atom. The van der Waals surface area contributed by atoms with E-state index in [-0.39, 0.29) is 54.2 Å². The summed E-state index contributed by atoms with van der Waals surface area (Å²) in [6.45, 7) is 1.88. The maximum absolute atomic E-state index is 13.8. The third-order valence-electron chi connectivity index (χ3n) is 9.54. The topological polar surface area (TPSA) is 230 Å². The number of benzene rings is 2. The van der Waals surface area contributed by atoms with Gasteiger partial charge in [-0.05, 0) is 69.0 Å². The summed E-state index contributed by atoms with van der Waals surface area (Å²) >= 11 is 0. The number of hydrogen-bond donors (Lipinski definition) is 7. The van der Waals surface area contributed by atoms with Gasteiger partial charge in [0.05, 0.1) is 35.7 Å². The van der Waals surface area contributed by atoms with Crippen molar-refractivity contribution in [1.82, 2.24) is 9.47 Å². The minimum atomic E-state index is -1.70. The van der Waals surface area contributed by atoms with E-state index in [1.165, 1.54) is 12.1 Å². The van der Waals surface area contributed by atoms with E-state index in [2.05, 4.69) is 15.6 Å². The van der Waals surface area contributed by atoms with Gasteiger partial charge in [0.1, 0.15) is 30.1 Å². The molecule has 6 rings (SSSR count). The molecule has 0 saturated carbocycles. The number of nitrogens with two attached hydrogens (primary N) is 1. The fraction of sp³-hybridized carbons (Fsp3) is 0.444. The van der Waals surface area contributed by atoms with Crippen molar-refractivity contribution in [3.05, 3.63) is 59.9 Å². The molecule has 0 bridgehead atoms.